The van der Waals surface area contributed by atoms with E-state index in [2.05, 4.69) is 23.1 Å². The first-order valence-electron chi connectivity index (χ1n) is 8.49. The summed E-state index contributed by atoms with van der Waals surface area (Å²) in [7, 11) is -3.58. The molecule has 2 aromatic carbocycles. The summed E-state index contributed by atoms with van der Waals surface area (Å²) in [5.74, 6) is 6.39. The van der Waals surface area contributed by atoms with Crippen molar-refractivity contribution in [1.29, 1.82) is 0 Å². The van der Waals surface area contributed by atoms with Gasteiger partial charge in [-0.05, 0) is 51.5 Å². The summed E-state index contributed by atoms with van der Waals surface area (Å²) in [6.07, 6.45) is 0.614. The van der Waals surface area contributed by atoms with Gasteiger partial charge in [0, 0.05) is 17.5 Å². The summed E-state index contributed by atoms with van der Waals surface area (Å²) < 4.78 is 27.8. The quantitative estimate of drug-likeness (QED) is 0.611. The Morgan fingerprint density at radius 3 is 2.31 bits per heavy atom. The molecule has 0 aliphatic carbocycles. The van der Waals surface area contributed by atoms with Gasteiger partial charge in [0.2, 0.25) is 10.0 Å². The number of rotatable bonds is 6. The lowest BCUT2D eigenvalue weighted by molar-refractivity contribution is 0.435. The van der Waals surface area contributed by atoms with E-state index in [4.69, 9.17) is 0 Å². The molecule has 2 rings (SSSR count). The molecule has 0 fully saturated rings. The highest BCUT2D eigenvalue weighted by atomic mass is 32.2. The highest BCUT2D eigenvalue weighted by molar-refractivity contribution is 7.89. The van der Waals surface area contributed by atoms with Crippen LogP contribution in [0.3, 0.4) is 0 Å². The summed E-state index contributed by atoms with van der Waals surface area (Å²) in [6.45, 7) is 9.99. The Morgan fingerprint density at radius 2 is 1.73 bits per heavy atom. The van der Waals surface area contributed by atoms with Crippen LogP contribution in [-0.4, -0.2) is 15.0 Å². The lowest BCUT2D eigenvalue weighted by Crippen LogP contribution is -2.35. The van der Waals surface area contributed by atoms with Crippen LogP contribution in [0.2, 0.25) is 0 Å². The van der Waals surface area contributed by atoms with Crippen LogP contribution in [0.1, 0.15) is 31.4 Å². The van der Waals surface area contributed by atoms with Crippen molar-refractivity contribution in [2.24, 2.45) is 5.41 Å². The van der Waals surface area contributed by atoms with E-state index in [9.17, 15) is 8.42 Å². The second-order valence-electron chi connectivity index (χ2n) is 6.95. The van der Waals surface area contributed by atoms with Gasteiger partial charge in [0.15, 0.2) is 0 Å². The van der Waals surface area contributed by atoms with Crippen molar-refractivity contribution < 1.29 is 8.42 Å². The van der Waals surface area contributed by atoms with Crippen molar-refractivity contribution in [3.8, 4) is 11.8 Å². The normalized spacial score (nSPS) is 13.3. The molecule has 0 amide bonds. The molecule has 0 radical (unpaired) electrons. The van der Waals surface area contributed by atoms with Gasteiger partial charge in [0.25, 0.3) is 0 Å². The lowest BCUT2D eigenvalue weighted by atomic mass is 9.84. The van der Waals surface area contributed by atoms with Crippen molar-refractivity contribution >= 4 is 10.0 Å². The highest BCUT2D eigenvalue weighted by Gasteiger charge is 2.25. The topological polar surface area (TPSA) is 46.2 Å². The van der Waals surface area contributed by atoms with E-state index in [0.717, 1.165) is 16.7 Å². The molecule has 0 saturated carbocycles. The molecule has 1 N–H and O–H groups in total. The largest absolute Gasteiger partial charge is 0.240 e. The van der Waals surface area contributed by atoms with E-state index in [1.54, 1.807) is 24.3 Å². The predicted molar refractivity (Wildman–Crippen MR) is 107 cm³/mol. The molecule has 1 unspecified atom stereocenters. The van der Waals surface area contributed by atoms with Gasteiger partial charge in [0.05, 0.1) is 4.90 Å². The van der Waals surface area contributed by atoms with Gasteiger partial charge < -0.3 is 0 Å². The van der Waals surface area contributed by atoms with Crippen LogP contribution in [0, 0.1) is 24.2 Å². The molecular formula is C22H25NO2S. The molecular weight excluding hydrogens is 342 g/mol. The Kier molecular flexibility index (Phi) is 6.42. The third kappa shape index (κ3) is 5.87. The molecule has 2 aromatic rings. The smallest absolute Gasteiger partial charge is 0.210 e. The van der Waals surface area contributed by atoms with Crippen molar-refractivity contribution in [2.75, 3.05) is 6.54 Å². The van der Waals surface area contributed by atoms with Gasteiger partial charge in [0.1, 0.15) is 0 Å². The average Bonchev–Trinajstić information content (AvgIpc) is 2.59. The minimum absolute atomic E-state index is 0.218. The number of aryl methyl sites for hydroxylation is 1. The molecule has 0 aromatic heterocycles. The Balaban J connectivity index is 2.21. The van der Waals surface area contributed by atoms with Gasteiger partial charge in [-0.15, -0.1) is 6.58 Å². The summed E-state index contributed by atoms with van der Waals surface area (Å²) in [5.41, 5.74) is 2.34. The monoisotopic (exact) mass is 367 g/mol. The fourth-order valence-corrected chi connectivity index (χ4v) is 3.79. The minimum Gasteiger partial charge on any atom is -0.210 e. The average molecular weight is 368 g/mol. The first-order chi connectivity index (χ1) is 12.2. The molecule has 1 atom stereocenters. The van der Waals surface area contributed by atoms with E-state index in [1.807, 2.05) is 51.1 Å². The Bertz CT molecular complexity index is 920. The van der Waals surface area contributed by atoms with Gasteiger partial charge in [-0.1, -0.05) is 53.3 Å². The van der Waals surface area contributed by atoms with E-state index in [1.165, 1.54) is 0 Å². The van der Waals surface area contributed by atoms with Gasteiger partial charge >= 0.3 is 0 Å². The van der Waals surface area contributed by atoms with Crippen LogP contribution in [0.4, 0.5) is 0 Å². The SMILES string of the molecule is C=C(C)CC(C)(C#Cc1ccccc1)CNS(=O)(=O)c1ccc(C)cc1. The molecule has 136 valence electrons. The van der Waals surface area contributed by atoms with Crippen molar-refractivity contribution in [2.45, 2.75) is 32.1 Å². The molecule has 3 nitrogen and oxygen atoms in total. The number of hydrogen-bond donors (Lipinski definition) is 1. The highest BCUT2D eigenvalue weighted by Crippen LogP contribution is 2.25. The van der Waals surface area contributed by atoms with E-state index in [0.29, 0.717) is 6.42 Å². The molecule has 0 saturated heterocycles. The van der Waals surface area contributed by atoms with Crippen LogP contribution in [0.15, 0.2) is 71.6 Å². The van der Waals surface area contributed by atoms with Crippen LogP contribution in [-0.2, 0) is 10.0 Å². The Labute approximate surface area is 157 Å². The van der Waals surface area contributed by atoms with E-state index >= 15 is 0 Å². The van der Waals surface area contributed by atoms with Crippen LogP contribution in [0.5, 0.6) is 0 Å². The summed E-state index contributed by atoms with van der Waals surface area (Å²) in [4.78, 5) is 0.261. The third-order valence-electron chi connectivity index (χ3n) is 3.96. The fraction of sp³-hybridized carbons (Fsp3) is 0.273. The Morgan fingerprint density at radius 1 is 1.12 bits per heavy atom. The molecule has 0 bridgehead atoms. The minimum atomic E-state index is -3.58. The van der Waals surface area contributed by atoms with Crippen LogP contribution >= 0.6 is 0 Å². The second kappa shape index (κ2) is 8.35. The summed E-state index contributed by atoms with van der Waals surface area (Å²) in [5, 5.41) is 0. The van der Waals surface area contributed by atoms with Crippen molar-refractivity contribution in [3.05, 3.63) is 77.9 Å². The standard InChI is InChI=1S/C22H25NO2S/c1-18(2)16-22(4,15-14-20-8-6-5-7-9-20)17-23-26(24,25)21-12-10-19(3)11-13-21/h5-13,23H,1,16-17H2,2-4H3. The molecule has 4 heteroatoms. The van der Waals surface area contributed by atoms with Crippen LogP contribution < -0.4 is 4.72 Å². The fourth-order valence-electron chi connectivity index (χ4n) is 2.62. The zero-order chi connectivity index (χ0) is 19.2. The van der Waals surface area contributed by atoms with Crippen LogP contribution in [0.25, 0.3) is 0 Å². The summed E-state index contributed by atoms with van der Waals surface area (Å²) in [6, 6.07) is 16.5. The third-order valence-corrected chi connectivity index (χ3v) is 5.38. The Hall–Kier alpha value is -2.35. The maximum absolute atomic E-state index is 12.6. The molecule has 26 heavy (non-hydrogen) atoms. The molecule has 0 aliphatic rings. The lowest BCUT2D eigenvalue weighted by Gasteiger charge is -2.24. The molecule has 0 spiro atoms. The molecule has 0 heterocycles. The maximum Gasteiger partial charge on any atom is 0.240 e. The number of benzene rings is 2. The van der Waals surface area contributed by atoms with Gasteiger partial charge in [-0.3, -0.25) is 0 Å². The van der Waals surface area contributed by atoms with E-state index < -0.39 is 15.4 Å². The number of nitrogens with one attached hydrogen (secondary N) is 1. The first kappa shape index (κ1) is 20.0. The van der Waals surface area contributed by atoms with Gasteiger partial charge in [-0.2, -0.15) is 0 Å². The van der Waals surface area contributed by atoms with Crippen molar-refractivity contribution in [3.63, 3.8) is 0 Å². The van der Waals surface area contributed by atoms with E-state index in [-0.39, 0.29) is 11.4 Å². The maximum atomic E-state index is 12.6. The van der Waals surface area contributed by atoms with Gasteiger partial charge in [-0.25, -0.2) is 13.1 Å². The second-order valence-corrected chi connectivity index (χ2v) is 8.72. The zero-order valence-electron chi connectivity index (χ0n) is 15.5. The number of sulfonamides is 1. The zero-order valence-corrected chi connectivity index (χ0v) is 16.4. The first-order valence-corrected chi connectivity index (χ1v) is 9.97. The predicted octanol–water partition coefficient (Wildman–Crippen LogP) is 4.30. The number of hydrogen-bond acceptors (Lipinski definition) is 2. The summed E-state index contributed by atoms with van der Waals surface area (Å²) >= 11 is 0. The number of allylic oxidation sites excluding steroid dienone is 1. The van der Waals surface area contributed by atoms with Crippen molar-refractivity contribution in [1.82, 2.24) is 4.72 Å². The molecule has 0 aliphatic heterocycles.